The van der Waals surface area contributed by atoms with Crippen LogP contribution in [0.1, 0.15) is 15.9 Å². The number of alkyl halides is 3. The molecule has 29 heavy (non-hydrogen) atoms. The predicted molar refractivity (Wildman–Crippen MR) is 110 cm³/mol. The maximum absolute atomic E-state index is 12.9. The SMILES string of the molecule is CN(C)c1ccc(NC(=O)c2ccccc2Nc2cccc(C(F)(F)F)c2)cc1. The minimum atomic E-state index is -4.44. The minimum Gasteiger partial charge on any atom is -0.378 e. The van der Waals surface area contributed by atoms with E-state index in [4.69, 9.17) is 0 Å². The number of para-hydroxylation sites is 1. The van der Waals surface area contributed by atoms with Crippen LogP contribution in [-0.2, 0) is 6.18 Å². The van der Waals surface area contributed by atoms with Crippen LogP contribution in [0.15, 0.2) is 72.8 Å². The molecule has 0 aliphatic carbocycles. The first-order chi connectivity index (χ1) is 13.7. The largest absolute Gasteiger partial charge is 0.416 e. The van der Waals surface area contributed by atoms with Crippen LogP contribution in [0.3, 0.4) is 0 Å². The summed E-state index contributed by atoms with van der Waals surface area (Å²) in [4.78, 5) is 14.7. The molecular formula is C22H20F3N3O. The molecule has 3 rings (SSSR count). The Balaban J connectivity index is 1.81. The summed E-state index contributed by atoms with van der Waals surface area (Å²) in [6, 6.07) is 18.8. The third-order valence-corrected chi connectivity index (χ3v) is 4.28. The van der Waals surface area contributed by atoms with Gasteiger partial charge >= 0.3 is 6.18 Å². The number of carbonyl (C=O) groups is 1. The Hall–Kier alpha value is -3.48. The highest BCUT2D eigenvalue weighted by Crippen LogP contribution is 2.32. The fourth-order valence-electron chi connectivity index (χ4n) is 2.76. The molecule has 0 saturated heterocycles. The monoisotopic (exact) mass is 399 g/mol. The Labute approximate surface area is 167 Å². The van der Waals surface area contributed by atoms with Gasteiger partial charge in [-0.2, -0.15) is 13.2 Å². The van der Waals surface area contributed by atoms with Gasteiger partial charge in [0.15, 0.2) is 0 Å². The van der Waals surface area contributed by atoms with Crippen LogP contribution >= 0.6 is 0 Å². The topological polar surface area (TPSA) is 44.4 Å². The molecule has 0 radical (unpaired) electrons. The molecule has 0 spiro atoms. The van der Waals surface area contributed by atoms with Crippen molar-refractivity contribution in [3.63, 3.8) is 0 Å². The number of halogens is 3. The van der Waals surface area contributed by atoms with Crippen LogP contribution in [0.2, 0.25) is 0 Å². The molecule has 0 aliphatic heterocycles. The van der Waals surface area contributed by atoms with Gasteiger partial charge in [0, 0.05) is 31.2 Å². The first-order valence-electron chi connectivity index (χ1n) is 8.86. The third kappa shape index (κ3) is 5.07. The first kappa shape index (κ1) is 20.3. The number of amides is 1. The lowest BCUT2D eigenvalue weighted by atomic mass is 10.1. The Kier molecular flexibility index (Phi) is 5.77. The van der Waals surface area contributed by atoms with Gasteiger partial charge < -0.3 is 15.5 Å². The number of hydrogen-bond acceptors (Lipinski definition) is 3. The average molecular weight is 399 g/mol. The molecule has 0 fully saturated rings. The van der Waals surface area contributed by atoms with Gasteiger partial charge in [0.1, 0.15) is 0 Å². The first-order valence-corrected chi connectivity index (χ1v) is 8.86. The zero-order valence-electron chi connectivity index (χ0n) is 15.9. The highest BCUT2D eigenvalue weighted by atomic mass is 19.4. The Morgan fingerprint density at radius 3 is 2.21 bits per heavy atom. The van der Waals surface area contributed by atoms with E-state index in [-0.39, 0.29) is 11.6 Å². The van der Waals surface area contributed by atoms with E-state index in [2.05, 4.69) is 10.6 Å². The molecule has 150 valence electrons. The molecule has 7 heteroatoms. The number of nitrogens with one attached hydrogen (secondary N) is 2. The van der Waals surface area contributed by atoms with Gasteiger partial charge in [-0.1, -0.05) is 18.2 Å². The van der Waals surface area contributed by atoms with Crippen molar-refractivity contribution in [3.8, 4) is 0 Å². The molecule has 0 heterocycles. The van der Waals surface area contributed by atoms with E-state index >= 15 is 0 Å². The van der Waals surface area contributed by atoms with Gasteiger partial charge in [0.25, 0.3) is 5.91 Å². The molecule has 0 unspecified atom stereocenters. The molecular weight excluding hydrogens is 379 g/mol. The van der Waals surface area contributed by atoms with Crippen molar-refractivity contribution >= 4 is 28.7 Å². The van der Waals surface area contributed by atoms with Crippen LogP contribution in [0.4, 0.5) is 35.9 Å². The maximum Gasteiger partial charge on any atom is 0.416 e. The maximum atomic E-state index is 12.9. The van der Waals surface area contributed by atoms with E-state index in [1.54, 1.807) is 36.4 Å². The lowest BCUT2D eigenvalue weighted by Gasteiger charge is -2.15. The smallest absolute Gasteiger partial charge is 0.378 e. The summed E-state index contributed by atoms with van der Waals surface area (Å²) in [6.07, 6.45) is -4.44. The second-order valence-corrected chi connectivity index (χ2v) is 6.64. The van der Waals surface area contributed by atoms with Crippen LogP contribution in [0, 0.1) is 0 Å². The summed E-state index contributed by atoms with van der Waals surface area (Å²) in [7, 11) is 3.84. The predicted octanol–water partition coefficient (Wildman–Crippen LogP) is 5.77. The third-order valence-electron chi connectivity index (χ3n) is 4.28. The summed E-state index contributed by atoms with van der Waals surface area (Å²) in [6.45, 7) is 0. The van der Waals surface area contributed by atoms with Gasteiger partial charge in [-0.3, -0.25) is 4.79 Å². The summed E-state index contributed by atoms with van der Waals surface area (Å²) >= 11 is 0. The molecule has 2 N–H and O–H groups in total. The van der Waals surface area contributed by atoms with E-state index in [1.807, 2.05) is 31.1 Å². The summed E-state index contributed by atoms with van der Waals surface area (Å²) in [5.41, 5.74) is 1.83. The fraction of sp³-hybridized carbons (Fsp3) is 0.136. The normalized spacial score (nSPS) is 11.1. The molecule has 1 amide bonds. The molecule has 4 nitrogen and oxygen atoms in total. The van der Waals surface area contributed by atoms with Crippen LogP contribution in [-0.4, -0.2) is 20.0 Å². The number of benzene rings is 3. The molecule has 0 saturated carbocycles. The number of rotatable bonds is 5. The van der Waals surface area contributed by atoms with Crippen molar-refractivity contribution < 1.29 is 18.0 Å². The Morgan fingerprint density at radius 2 is 1.55 bits per heavy atom. The minimum absolute atomic E-state index is 0.246. The van der Waals surface area contributed by atoms with Crippen molar-refractivity contribution in [2.24, 2.45) is 0 Å². The van der Waals surface area contributed by atoms with Crippen molar-refractivity contribution in [1.29, 1.82) is 0 Å². The van der Waals surface area contributed by atoms with Crippen molar-refractivity contribution in [3.05, 3.63) is 83.9 Å². The van der Waals surface area contributed by atoms with E-state index in [0.29, 0.717) is 16.9 Å². The van der Waals surface area contributed by atoms with Crippen LogP contribution in [0.25, 0.3) is 0 Å². The Bertz CT molecular complexity index is 999. The van der Waals surface area contributed by atoms with Gasteiger partial charge in [0.2, 0.25) is 0 Å². The highest BCUT2D eigenvalue weighted by molar-refractivity contribution is 6.08. The van der Waals surface area contributed by atoms with Gasteiger partial charge in [-0.25, -0.2) is 0 Å². The average Bonchev–Trinajstić information content (AvgIpc) is 2.68. The van der Waals surface area contributed by atoms with Gasteiger partial charge in [-0.15, -0.1) is 0 Å². The standard InChI is InChI=1S/C22H20F3N3O/c1-28(2)18-12-10-16(11-13-18)27-21(29)19-8-3-4-9-20(19)26-17-7-5-6-15(14-17)22(23,24)25/h3-14,26H,1-2H3,(H,27,29). The second kappa shape index (κ2) is 8.26. The van der Waals surface area contributed by atoms with Crippen molar-refractivity contribution in [2.75, 3.05) is 29.6 Å². The van der Waals surface area contributed by atoms with Crippen molar-refractivity contribution in [2.45, 2.75) is 6.18 Å². The van der Waals surface area contributed by atoms with E-state index in [9.17, 15) is 18.0 Å². The van der Waals surface area contributed by atoms with E-state index in [0.717, 1.165) is 17.8 Å². The Morgan fingerprint density at radius 1 is 0.862 bits per heavy atom. The quantitative estimate of drug-likeness (QED) is 0.573. The number of nitrogens with zero attached hydrogens (tertiary/aromatic N) is 1. The highest BCUT2D eigenvalue weighted by Gasteiger charge is 2.30. The number of hydrogen-bond donors (Lipinski definition) is 2. The molecule has 0 bridgehead atoms. The van der Waals surface area contributed by atoms with Crippen LogP contribution < -0.4 is 15.5 Å². The molecule has 0 aromatic heterocycles. The molecule has 0 atom stereocenters. The molecule has 3 aromatic carbocycles. The summed E-state index contributed by atoms with van der Waals surface area (Å²) in [5.74, 6) is -0.363. The molecule has 3 aromatic rings. The number of carbonyl (C=O) groups excluding carboxylic acids is 1. The zero-order valence-corrected chi connectivity index (χ0v) is 15.9. The lowest BCUT2D eigenvalue weighted by Crippen LogP contribution is -2.14. The fourth-order valence-corrected chi connectivity index (χ4v) is 2.76. The zero-order chi connectivity index (χ0) is 21.0. The second-order valence-electron chi connectivity index (χ2n) is 6.64. The van der Waals surface area contributed by atoms with Gasteiger partial charge in [-0.05, 0) is 54.6 Å². The van der Waals surface area contributed by atoms with E-state index in [1.165, 1.54) is 12.1 Å². The van der Waals surface area contributed by atoms with E-state index < -0.39 is 11.7 Å². The summed E-state index contributed by atoms with van der Waals surface area (Å²) in [5, 5.41) is 5.72. The van der Waals surface area contributed by atoms with Gasteiger partial charge in [0.05, 0.1) is 16.8 Å². The van der Waals surface area contributed by atoms with Crippen LogP contribution in [0.5, 0.6) is 0 Å². The number of anilines is 4. The summed E-state index contributed by atoms with van der Waals surface area (Å²) < 4.78 is 38.8. The lowest BCUT2D eigenvalue weighted by molar-refractivity contribution is -0.137. The molecule has 0 aliphatic rings. The van der Waals surface area contributed by atoms with Crippen molar-refractivity contribution in [1.82, 2.24) is 0 Å².